The lowest BCUT2D eigenvalue weighted by atomic mass is 10.3. The number of aromatic nitrogens is 1. The fourth-order valence-corrected chi connectivity index (χ4v) is 2.68. The van der Waals surface area contributed by atoms with Gasteiger partial charge in [0.1, 0.15) is 11.5 Å². The summed E-state index contributed by atoms with van der Waals surface area (Å²) in [5.74, 6) is -0.861. The van der Waals surface area contributed by atoms with Crippen LogP contribution in [0.15, 0.2) is 46.3 Å². The van der Waals surface area contributed by atoms with E-state index in [1.807, 2.05) is 4.72 Å². The molecule has 2 aromatic rings. The average Bonchev–Trinajstić information content (AvgIpc) is 2.38. The SMILES string of the molecule is O=c1cc[nH]cc1S(=O)(=O)Nc1cc(F)ccc1[N+](=O)[O-]. The van der Waals surface area contributed by atoms with Crippen LogP contribution in [0.3, 0.4) is 0 Å². The first kappa shape index (κ1) is 14.7. The Hall–Kier alpha value is -2.75. The molecule has 1 aromatic heterocycles. The van der Waals surface area contributed by atoms with Crippen LogP contribution in [0.2, 0.25) is 0 Å². The van der Waals surface area contributed by atoms with Crippen LogP contribution >= 0.6 is 0 Å². The van der Waals surface area contributed by atoms with Gasteiger partial charge in [-0.1, -0.05) is 0 Å². The van der Waals surface area contributed by atoms with E-state index < -0.39 is 42.5 Å². The van der Waals surface area contributed by atoms with Crippen molar-refractivity contribution in [3.05, 3.63) is 62.8 Å². The Bertz CT molecular complexity index is 862. The molecule has 0 aliphatic heterocycles. The van der Waals surface area contributed by atoms with Crippen molar-refractivity contribution in [3.8, 4) is 0 Å². The van der Waals surface area contributed by atoms with E-state index in [4.69, 9.17) is 0 Å². The van der Waals surface area contributed by atoms with Gasteiger partial charge in [0, 0.05) is 30.6 Å². The second kappa shape index (κ2) is 5.32. The number of pyridine rings is 1. The molecule has 0 saturated heterocycles. The number of aromatic amines is 1. The maximum absolute atomic E-state index is 13.1. The number of benzene rings is 1. The van der Waals surface area contributed by atoms with Crippen LogP contribution < -0.4 is 10.2 Å². The quantitative estimate of drug-likeness (QED) is 0.649. The van der Waals surface area contributed by atoms with Gasteiger partial charge in [-0.05, 0) is 6.07 Å². The molecular weight excluding hydrogens is 305 g/mol. The molecule has 10 heteroatoms. The zero-order chi connectivity index (χ0) is 15.6. The largest absolute Gasteiger partial charge is 0.366 e. The summed E-state index contributed by atoms with van der Waals surface area (Å²) in [4.78, 5) is 23.2. The monoisotopic (exact) mass is 313 g/mol. The van der Waals surface area contributed by atoms with Crippen molar-refractivity contribution in [2.45, 2.75) is 4.90 Å². The van der Waals surface area contributed by atoms with Crippen LogP contribution in [0, 0.1) is 15.9 Å². The first-order valence-electron chi connectivity index (χ1n) is 5.45. The summed E-state index contributed by atoms with van der Waals surface area (Å²) >= 11 is 0. The molecule has 0 atom stereocenters. The number of anilines is 1. The number of nitrogens with zero attached hydrogens (tertiary/aromatic N) is 1. The third-order valence-electron chi connectivity index (χ3n) is 2.48. The van der Waals surface area contributed by atoms with E-state index >= 15 is 0 Å². The lowest BCUT2D eigenvalue weighted by Gasteiger charge is -2.07. The van der Waals surface area contributed by atoms with E-state index in [2.05, 4.69) is 4.98 Å². The van der Waals surface area contributed by atoms with E-state index in [0.717, 1.165) is 24.4 Å². The van der Waals surface area contributed by atoms with Gasteiger partial charge in [-0.15, -0.1) is 0 Å². The Labute approximate surface area is 117 Å². The molecule has 0 aliphatic carbocycles. The molecule has 0 radical (unpaired) electrons. The second-order valence-electron chi connectivity index (χ2n) is 3.90. The van der Waals surface area contributed by atoms with E-state index in [9.17, 15) is 27.7 Å². The summed E-state index contributed by atoms with van der Waals surface area (Å²) in [5.41, 5.74) is -2.00. The highest BCUT2D eigenvalue weighted by molar-refractivity contribution is 7.92. The average molecular weight is 313 g/mol. The number of hydrogen-bond acceptors (Lipinski definition) is 5. The van der Waals surface area contributed by atoms with Crippen molar-refractivity contribution in [2.24, 2.45) is 0 Å². The predicted octanol–water partition coefficient (Wildman–Crippen LogP) is 1.22. The smallest absolute Gasteiger partial charge is 0.293 e. The molecule has 0 unspecified atom stereocenters. The highest BCUT2D eigenvalue weighted by atomic mass is 32.2. The molecular formula is C11H8FN3O5S. The molecule has 0 fully saturated rings. The van der Waals surface area contributed by atoms with Crippen molar-refractivity contribution in [1.82, 2.24) is 4.98 Å². The summed E-state index contributed by atoms with van der Waals surface area (Å²) in [6, 6.07) is 3.29. The van der Waals surface area contributed by atoms with Gasteiger partial charge in [-0.3, -0.25) is 19.6 Å². The van der Waals surface area contributed by atoms with Crippen LogP contribution in [0.25, 0.3) is 0 Å². The third-order valence-corrected chi connectivity index (χ3v) is 3.86. The highest BCUT2D eigenvalue weighted by Gasteiger charge is 2.23. The molecule has 0 amide bonds. The summed E-state index contributed by atoms with van der Waals surface area (Å²) in [7, 11) is -4.38. The van der Waals surface area contributed by atoms with Gasteiger partial charge in [-0.25, -0.2) is 12.8 Å². The van der Waals surface area contributed by atoms with E-state index in [1.54, 1.807) is 0 Å². The number of nitro groups is 1. The minimum absolute atomic E-state index is 0.566. The summed E-state index contributed by atoms with van der Waals surface area (Å²) in [5, 5.41) is 10.8. The van der Waals surface area contributed by atoms with Crippen molar-refractivity contribution >= 4 is 21.4 Å². The number of H-pyrrole nitrogens is 1. The Morgan fingerprint density at radius 2 is 2.00 bits per heavy atom. The van der Waals surface area contributed by atoms with Gasteiger partial charge < -0.3 is 4.98 Å². The molecule has 0 spiro atoms. The van der Waals surface area contributed by atoms with Crippen LogP contribution in [-0.4, -0.2) is 18.3 Å². The minimum atomic E-state index is -4.38. The van der Waals surface area contributed by atoms with Crippen molar-refractivity contribution in [3.63, 3.8) is 0 Å². The number of halogens is 1. The molecule has 110 valence electrons. The standard InChI is InChI=1S/C11H8FN3O5S/c12-7-1-2-9(15(17)18)8(5-7)14-21(19,20)11-6-13-4-3-10(11)16/h1-6,14H,(H,13,16). The normalized spacial score (nSPS) is 11.1. The van der Waals surface area contributed by atoms with Gasteiger partial charge in [0.15, 0.2) is 4.90 Å². The summed E-state index contributed by atoms with van der Waals surface area (Å²) in [6.45, 7) is 0. The molecule has 1 aromatic carbocycles. The fourth-order valence-electron chi connectivity index (χ4n) is 1.56. The van der Waals surface area contributed by atoms with E-state index in [0.29, 0.717) is 6.07 Å². The zero-order valence-electron chi connectivity index (χ0n) is 10.2. The second-order valence-corrected chi connectivity index (χ2v) is 5.55. The number of sulfonamides is 1. The Kier molecular flexibility index (Phi) is 3.72. The van der Waals surface area contributed by atoms with Crippen molar-refractivity contribution in [2.75, 3.05) is 4.72 Å². The Morgan fingerprint density at radius 1 is 1.29 bits per heavy atom. The molecule has 0 saturated carbocycles. The maximum Gasteiger partial charge on any atom is 0.293 e. The summed E-state index contributed by atoms with van der Waals surface area (Å²) < 4.78 is 39.0. The highest BCUT2D eigenvalue weighted by Crippen LogP contribution is 2.26. The van der Waals surface area contributed by atoms with Gasteiger partial charge in [0.25, 0.3) is 15.7 Å². The number of nitro benzene ring substituents is 1. The first-order valence-corrected chi connectivity index (χ1v) is 6.93. The van der Waals surface area contributed by atoms with Crippen LogP contribution in [0.4, 0.5) is 15.8 Å². The first-order chi connectivity index (χ1) is 9.81. The number of nitrogens with one attached hydrogen (secondary N) is 2. The molecule has 21 heavy (non-hydrogen) atoms. The third kappa shape index (κ3) is 3.05. The lowest BCUT2D eigenvalue weighted by molar-refractivity contribution is -0.383. The van der Waals surface area contributed by atoms with Crippen LogP contribution in [-0.2, 0) is 10.0 Å². The molecule has 1 heterocycles. The molecule has 0 bridgehead atoms. The van der Waals surface area contributed by atoms with Crippen molar-refractivity contribution < 1.29 is 17.7 Å². The van der Waals surface area contributed by atoms with Gasteiger partial charge >= 0.3 is 0 Å². The molecule has 8 nitrogen and oxygen atoms in total. The number of hydrogen-bond donors (Lipinski definition) is 2. The zero-order valence-corrected chi connectivity index (χ0v) is 11.1. The van der Waals surface area contributed by atoms with Crippen LogP contribution in [0.5, 0.6) is 0 Å². The molecule has 2 N–H and O–H groups in total. The van der Waals surface area contributed by atoms with Gasteiger partial charge in [0.2, 0.25) is 5.43 Å². The summed E-state index contributed by atoms with van der Waals surface area (Å²) in [6.07, 6.45) is 2.15. The van der Waals surface area contributed by atoms with Crippen LogP contribution in [0.1, 0.15) is 0 Å². The van der Waals surface area contributed by atoms with E-state index in [1.165, 1.54) is 6.20 Å². The minimum Gasteiger partial charge on any atom is -0.366 e. The van der Waals surface area contributed by atoms with Crippen molar-refractivity contribution in [1.29, 1.82) is 0 Å². The van der Waals surface area contributed by atoms with E-state index in [-0.39, 0.29) is 0 Å². The van der Waals surface area contributed by atoms with Gasteiger partial charge in [-0.2, -0.15) is 0 Å². The lowest BCUT2D eigenvalue weighted by Crippen LogP contribution is -2.21. The Balaban J connectivity index is 2.52. The fraction of sp³-hybridized carbons (Fsp3) is 0. The predicted molar refractivity (Wildman–Crippen MR) is 70.9 cm³/mol. The topological polar surface area (TPSA) is 122 Å². The van der Waals surface area contributed by atoms with Gasteiger partial charge in [0.05, 0.1) is 4.92 Å². The maximum atomic E-state index is 13.1. The molecule has 2 rings (SSSR count). The molecule has 0 aliphatic rings. The number of rotatable bonds is 4. The Morgan fingerprint density at radius 3 is 2.62 bits per heavy atom.